The zero-order valence-corrected chi connectivity index (χ0v) is 16.8. The maximum atomic E-state index is 12.4. The molecule has 7 nitrogen and oxygen atoms in total. The summed E-state index contributed by atoms with van der Waals surface area (Å²) in [6.45, 7) is 0.0362. The third-order valence-electron chi connectivity index (χ3n) is 4.72. The van der Waals surface area contributed by atoms with Crippen LogP contribution in [0.1, 0.15) is 31.8 Å². The molecule has 158 valence electrons. The summed E-state index contributed by atoms with van der Waals surface area (Å²) < 4.78 is 0. The number of hydrogen-bond donors (Lipinski definition) is 3. The van der Waals surface area contributed by atoms with Gasteiger partial charge in [-0.1, -0.05) is 42.5 Å². The summed E-state index contributed by atoms with van der Waals surface area (Å²) >= 11 is 0. The van der Waals surface area contributed by atoms with Crippen LogP contribution >= 0.6 is 0 Å². The van der Waals surface area contributed by atoms with Gasteiger partial charge in [-0.15, -0.1) is 0 Å². The van der Waals surface area contributed by atoms with Crippen molar-refractivity contribution in [2.24, 2.45) is 0 Å². The zero-order valence-electron chi connectivity index (χ0n) is 16.8. The Morgan fingerprint density at radius 1 is 0.871 bits per heavy atom. The third kappa shape index (κ3) is 6.15. The molecule has 1 aromatic heterocycles. The van der Waals surface area contributed by atoms with E-state index >= 15 is 0 Å². The molecule has 0 aliphatic carbocycles. The molecule has 31 heavy (non-hydrogen) atoms. The number of nitrogens with one attached hydrogen (secondary N) is 2. The van der Waals surface area contributed by atoms with Crippen molar-refractivity contribution in [2.75, 3.05) is 13.2 Å². The first kappa shape index (κ1) is 22.0. The predicted molar refractivity (Wildman–Crippen MR) is 116 cm³/mol. The van der Waals surface area contributed by atoms with Gasteiger partial charge in [0.25, 0.3) is 5.91 Å². The first-order valence-electron chi connectivity index (χ1n) is 9.86. The maximum absolute atomic E-state index is 12.4. The first-order valence-corrected chi connectivity index (χ1v) is 9.86. The number of carbonyl (C=O) groups is 3. The molecule has 3 aromatic rings. The minimum atomic E-state index is -0.904. The second-order valence-corrected chi connectivity index (χ2v) is 6.89. The molecular formula is C24H23N3O4. The quantitative estimate of drug-likeness (QED) is 0.458. The van der Waals surface area contributed by atoms with Gasteiger partial charge in [0.2, 0.25) is 5.91 Å². The van der Waals surface area contributed by atoms with E-state index in [0.29, 0.717) is 24.1 Å². The fourth-order valence-electron chi connectivity index (χ4n) is 2.98. The van der Waals surface area contributed by atoms with Crippen LogP contribution in [0.4, 0.5) is 0 Å². The van der Waals surface area contributed by atoms with Gasteiger partial charge < -0.3 is 10.4 Å². The molecule has 0 unspecified atom stereocenters. The molecule has 0 aliphatic rings. The van der Waals surface area contributed by atoms with E-state index in [2.05, 4.69) is 15.6 Å². The van der Waals surface area contributed by atoms with Gasteiger partial charge in [0.1, 0.15) is 6.04 Å². The average Bonchev–Trinajstić information content (AvgIpc) is 2.82. The molecule has 0 saturated heterocycles. The van der Waals surface area contributed by atoms with Crippen molar-refractivity contribution in [3.8, 4) is 0 Å². The minimum Gasteiger partial charge on any atom is -0.394 e. The summed E-state index contributed by atoms with van der Waals surface area (Å²) in [6.07, 6.45) is 3.74. The number of aliphatic hydroxyl groups excluding tert-OH is 1. The molecule has 0 bridgehead atoms. The third-order valence-corrected chi connectivity index (χ3v) is 4.72. The van der Waals surface area contributed by atoms with Crippen LogP contribution in [-0.2, 0) is 11.2 Å². The fraction of sp³-hybridized carbons (Fsp3) is 0.167. The lowest BCUT2D eigenvalue weighted by molar-refractivity contribution is -0.123. The molecule has 3 rings (SSSR count). The molecule has 1 heterocycles. The molecule has 2 amide bonds. The molecule has 1 atom stereocenters. The maximum Gasteiger partial charge on any atom is 0.257 e. The van der Waals surface area contributed by atoms with E-state index in [1.807, 2.05) is 30.3 Å². The van der Waals surface area contributed by atoms with Crippen LogP contribution in [0.3, 0.4) is 0 Å². The number of rotatable bonds is 9. The van der Waals surface area contributed by atoms with Crippen molar-refractivity contribution in [3.05, 3.63) is 101 Å². The highest BCUT2D eigenvalue weighted by Gasteiger charge is 2.20. The van der Waals surface area contributed by atoms with E-state index in [-0.39, 0.29) is 11.3 Å². The van der Waals surface area contributed by atoms with Crippen molar-refractivity contribution in [1.29, 1.82) is 0 Å². The van der Waals surface area contributed by atoms with E-state index in [4.69, 9.17) is 0 Å². The average molecular weight is 417 g/mol. The highest BCUT2D eigenvalue weighted by Crippen LogP contribution is 2.10. The van der Waals surface area contributed by atoms with Crippen LogP contribution in [0.5, 0.6) is 0 Å². The second-order valence-electron chi connectivity index (χ2n) is 6.89. The van der Waals surface area contributed by atoms with Gasteiger partial charge in [0.05, 0.1) is 6.61 Å². The Kier molecular flexibility index (Phi) is 7.75. The molecule has 0 spiro atoms. The Morgan fingerprint density at radius 2 is 1.58 bits per heavy atom. The van der Waals surface area contributed by atoms with Gasteiger partial charge >= 0.3 is 0 Å². The van der Waals surface area contributed by atoms with Crippen molar-refractivity contribution < 1.29 is 19.5 Å². The van der Waals surface area contributed by atoms with Gasteiger partial charge in [-0.2, -0.15) is 0 Å². The van der Waals surface area contributed by atoms with E-state index in [0.717, 1.165) is 5.56 Å². The normalized spacial score (nSPS) is 11.5. The number of carbonyl (C=O) groups excluding carboxylic acids is 3. The Morgan fingerprint density at radius 3 is 2.23 bits per heavy atom. The van der Waals surface area contributed by atoms with Gasteiger partial charge in [0.15, 0.2) is 5.78 Å². The Bertz CT molecular complexity index is 1020. The standard InChI is InChI=1S/C24H23N3O4/c28-16-21(26-14-12-17-5-2-1-3-6-17)24(31)27-23(30)19-10-8-18(9-11-19)22(29)20-7-4-13-25-15-20/h1-11,13,15,21,26,28H,12,14,16H2,(H,27,30,31)/t21-/m0/s1. The van der Waals surface area contributed by atoms with Crippen molar-refractivity contribution >= 4 is 17.6 Å². The smallest absolute Gasteiger partial charge is 0.257 e. The fourth-order valence-corrected chi connectivity index (χ4v) is 2.98. The Labute approximate surface area is 180 Å². The number of nitrogens with zero attached hydrogens (tertiary/aromatic N) is 1. The van der Waals surface area contributed by atoms with E-state index in [1.165, 1.54) is 30.5 Å². The lowest BCUT2D eigenvalue weighted by Gasteiger charge is -2.15. The van der Waals surface area contributed by atoms with Gasteiger partial charge in [-0.3, -0.25) is 24.7 Å². The van der Waals surface area contributed by atoms with E-state index in [1.54, 1.807) is 18.3 Å². The number of amides is 2. The van der Waals surface area contributed by atoms with Gasteiger partial charge in [0, 0.05) is 29.1 Å². The molecule has 0 aliphatic heterocycles. The first-order chi connectivity index (χ1) is 15.1. The number of aromatic nitrogens is 1. The lowest BCUT2D eigenvalue weighted by Crippen LogP contribution is -2.48. The zero-order chi connectivity index (χ0) is 22.1. The molecule has 0 radical (unpaired) electrons. The number of aliphatic hydroxyl groups is 1. The van der Waals surface area contributed by atoms with E-state index < -0.39 is 24.5 Å². The van der Waals surface area contributed by atoms with Crippen LogP contribution in [0.2, 0.25) is 0 Å². The Balaban J connectivity index is 1.54. The van der Waals surface area contributed by atoms with E-state index in [9.17, 15) is 19.5 Å². The van der Waals surface area contributed by atoms with Crippen LogP contribution in [0.25, 0.3) is 0 Å². The number of ketones is 1. The summed E-state index contributed by atoms with van der Waals surface area (Å²) in [4.78, 5) is 41.1. The highest BCUT2D eigenvalue weighted by atomic mass is 16.3. The summed E-state index contributed by atoms with van der Waals surface area (Å²) in [5.74, 6) is -1.43. The van der Waals surface area contributed by atoms with Crippen LogP contribution in [0.15, 0.2) is 79.1 Å². The summed E-state index contributed by atoms with van der Waals surface area (Å²) in [7, 11) is 0. The molecule has 2 aromatic carbocycles. The number of benzene rings is 2. The van der Waals surface area contributed by atoms with Crippen molar-refractivity contribution in [1.82, 2.24) is 15.6 Å². The summed E-state index contributed by atoms with van der Waals surface area (Å²) in [6, 6.07) is 18.2. The van der Waals surface area contributed by atoms with Crippen LogP contribution in [-0.4, -0.2) is 46.9 Å². The highest BCUT2D eigenvalue weighted by molar-refractivity contribution is 6.10. The molecule has 0 saturated carbocycles. The van der Waals surface area contributed by atoms with Crippen molar-refractivity contribution in [2.45, 2.75) is 12.5 Å². The van der Waals surface area contributed by atoms with Crippen molar-refractivity contribution in [3.63, 3.8) is 0 Å². The van der Waals surface area contributed by atoms with Crippen LogP contribution in [0, 0.1) is 0 Å². The number of pyridine rings is 1. The number of hydrogen-bond acceptors (Lipinski definition) is 6. The molecular weight excluding hydrogens is 394 g/mol. The monoisotopic (exact) mass is 417 g/mol. The second kappa shape index (κ2) is 10.9. The Hall–Kier alpha value is -3.68. The molecule has 0 fully saturated rings. The predicted octanol–water partition coefficient (Wildman–Crippen LogP) is 1.76. The largest absolute Gasteiger partial charge is 0.394 e. The topological polar surface area (TPSA) is 108 Å². The van der Waals surface area contributed by atoms with Crippen LogP contribution < -0.4 is 10.6 Å². The lowest BCUT2D eigenvalue weighted by atomic mass is 10.0. The summed E-state index contributed by atoms with van der Waals surface area (Å²) in [5, 5.41) is 14.7. The SMILES string of the molecule is O=C(NC(=O)[C@H](CO)NCCc1ccccc1)c1ccc(C(=O)c2cccnc2)cc1. The van der Waals surface area contributed by atoms with Gasteiger partial charge in [-0.25, -0.2) is 0 Å². The van der Waals surface area contributed by atoms with Gasteiger partial charge in [-0.05, 0) is 42.8 Å². The molecule has 3 N–H and O–H groups in total. The number of imide groups is 1. The summed E-state index contributed by atoms with van der Waals surface area (Å²) in [5.41, 5.74) is 2.19. The molecule has 7 heteroatoms. The minimum absolute atomic E-state index is 0.209.